The lowest BCUT2D eigenvalue weighted by Crippen LogP contribution is -2.15. The van der Waals surface area contributed by atoms with Gasteiger partial charge in [0, 0.05) is 30.1 Å². The summed E-state index contributed by atoms with van der Waals surface area (Å²) in [7, 11) is 0. The number of aryl methyl sites for hydroxylation is 1. The molecule has 0 saturated heterocycles. The molecular weight excluding hydrogens is 356 g/mol. The molecule has 3 aromatic rings. The van der Waals surface area contributed by atoms with Crippen LogP contribution in [0.5, 0.6) is 0 Å². The predicted octanol–water partition coefficient (Wildman–Crippen LogP) is 2.81. The number of H-pyrrole nitrogens is 1. The summed E-state index contributed by atoms with van der Waals surface area (Å²) in [6.45, 7) is 1.77. The number of aromatic nitrogens is 4. The minimum atomic E-state index is -0.502. The summed E-state index contributed by atoms with van der Waals surface area (Å²) in [4.78, 5) is 30.7. The topological polar surface area (TPSA) is 127 Å². The number of nitro groups is 1. The maximum atomic E-state index is 12.1. The number of carbonyl (C=O) groups is 1. The number of hydrogen-bond acceptors (Lipinski definition) is 7. The summed E-state index contributed by atoms with van der Waals surface area (Å²) in [6, 6.07) is 7.93. The fourth-order valence-electron chi connectivity index (χ4n) is 2.12. The van der Waals surface area contributed by atoms with E-state index >= 15 is 0 Å². The maximum Gasteiger partial charge on any atom is 0.271 e. The SMILES string of the molecule is Cc1ccc([N+](=O)[O-])cc1NC(=O)CSc1n[nH]c(-c2ccncc2)n1. The van der Waals surface area contributed by atoms with Crippen molar-refractivity contribution in [2.75, 3.05) is 11.1 Å². The molecule has 0 unspecified atom stereocenters. The van der Waals surface area contributed by atoms with E-state index < -0.39 is 4.92 Å². The second kappa shape index (κ2) is 7.74. The molecule has 10 heteroatoms. The van der Waals surface area contributed by atoms with Gasteiger partial charge in [0.1, 0.15) is 0 Å². The lowest BCUT2D eigenvalue weighted by molar-refractivity contribution is -0.384. The van der Waals surface area contributed by atoms with Gasteiger partial charge < -0.3 is 5.32 Å². The van der Waals surface area contributed by atoms with Gasteiger partial charge in [-0.1, -0.05) is 17.8 Å². The Morgan fingerprint density at radius 1 is 1.31 bits per heavy atom. The van der Waals surface area contributed by atoms with Crippen LogP contribution in [-0.2, 0) is 4.79 Å². The molecule has 0 fully saturated rings. The van der Waals surface area contributed by atoms with E-state index in [0.29, 0.717) is 16.7 Å². The van der Waals surface area contributed by atoms with Crippen LogP contribution in [-0.4, -0.2) is 36.7 Å². The Morgan fingerprint density at radius 3 is 2.81 bits per heavy atom. The molecule has 2 heterocycles. The Bertz CT molecular complexity index is 944. The van der Waals surface area contributed by atoms with E-state index in [1.165, 1.54) is 12.1 Å². The minimum Gasteiger partial charge on any atom is -0.325 e. The highest BCUT2D eigenvalue weighted by atomic mass is 32.2. The van der Waals surface area contributed by atoms with Gasteiger partial charge in [0.2, 0.25) is 11.1 Å². The first-order valence-corrected chi connectivity index (χ1v) is 8.52. The highest BCUT2D eigenvalue weighted by Gasteiger charge is 2.13. The molecule has 3 rings (SSSR count). The van der Waals surface area contributed by atoms with E-state index in [1.807, 2.05) is 0 Å². The number of pyridine rings is 1. The van der Waals surface area contributed by atoms with Crippen molar-refractivity contribution in [1.82, 2.24) is 20.2 Å². The van der Waals surface area contributed by atoms with E-state index in [9.17, 15) is 14.9 Å². The van der Waals surface area contributed by atoms with Crippen molar-refractivity contribution in [3.05, 3.63) is 58.4 Å². The zero-order valence-corrected chi connectivity index (χ0v) is 14.5. The quantitative estimate of drug-likeness (QED) is 0.388. The van der Waals surface area contributed by atoms with Crippen LogP contribution in [0.25, 0.3) is 11.4 Å². The lowest BCUT2D eigenvalue weighted by Gasteiger charge is -2.07. The van der Waals surface area contributed by atoms with Crippen molar-refractivity contribution in [3.63, 3.8) is 0 Å². The highest BCUT2D eigenvalue weighted by Crippen LogP contribution is 2.23. The molecule has 26 heavy (non-hydrogen) atoms. The fraction of sp³-hybridized carbons (Fsp3) is 0.125. The van der Waals surface area contributed by atoms with Gasteiger partial charge in [-0.05, 0) is 24.6 Å². The molecule has 1 amide bonds. The highest BCUT2D eigenvalue weighted by molar-refractivity contribution is 7.99. The van der Waals surface area contributed by atoms with Crippen LogP contribution in [0.4, 0.5) is 11.4 Å². The number of amides is 1. The van der Waals surface area contributed by atoms with Crippen molar-refractivity contribution in [2.45, 2.75) is 12.1 Å². The molecule has 0 aliphatic heterocycles. The maximum absolute atomic E-state index is 12.1. The van der Waals surface area contributed by atoms with E-state index in [4.69, 9.17) is 0 Å². The summed E-state index contributed by atoms with van der Waals surface area (Å²) in [5, 5.41) is 20.8. The predicted molar refractivity (Wildman–Crippen MR) is 96.8 cm³/mol. The molecule has 0 atom stereocenters. The van der Waals surface area contributed by atoms with Gasteiger partial charge in [-0.15, -0.1) is 5.10 Å². The number of carbonyl (C=O) groups excluding carboxylic acids is 1. The van der Waals surface area contributed by atoms with Gasteiger partial charge in [0.25, 0.3) is 5.69 Å². The second-order valence-electron chi connectivity index (χ2n) is 5.30. The van der Waals surface area contributed by atoms with Crippen LogP contribution in [0, 0.1) is 17.0 Å². The number of nitrogens with one attached hydrogen (secondary N) is 2. The first-order valence-electron chi connectivity index (χ1n) is 7.53. The number of nitrogens with zero attached hydrogens (tertiary/aromatic N) is 4. The van der Waals surface area contributed by atoms with Gasteiger partial charge in [-0.2, -0.15) is 0 Å². The molecule has 9 nitrogen and oxygen atoms in total. The Kier molecular flexibility index (Phi) is 5.23. The molecule has 2 N–H and O–H groups in total. The zero-order valence-electron chi connectivity index (χ0n) is 13.7. The lowest BCUT2D eigenvalue weighted by atomic mass is 10.2. The molecule has 0 spiro atoms. The third kappa shape index (κ3) is 4.22. The molecular formula is C16H14N6O3S. The van der Waals surface area contributed by atoms with E-state index in [0.717, 1.165) is 22.9 Å². The average Bonchev–Trinajstić information content (AvgIpc) is 3.11. The fourth-order valence-corrected chi connectivity index (χ4v) is 2.72. The minimum absolute atomic E-state index is 0.0745. The van der Waals surface area contributed by atoms with E-state index in [-0.39, 0.29) is 17.3 Å². The molecule has 0 aliphatic carbocycles. The third-order valence-electron chi connectivity index (χ3n) is 3.46. The van der Waals surface area contributed by atoms with Crippen molar-refractivity contribution in [3.8, 4) is 11.4 Å². The summed E-state index contributed by atoms with van der Waals surface area (Å²) >= 11 is 1.16. The van der Waals surface area contributed by atoms with Crippen LogP contribution in [0.1, 0.15) is 5.56 Å². The smallest absolute Gasteiger partial charge is 0.271 e. The number of non-ortho nitro benzene ring substituents is 1. The summed E-state index contributed by atoms with van der Waals surface area (Å²) < 4.78 is 0. The van der Waals surface area contributed by atoms with E-state index in [1.54, 1.807) is 37.5 Å². The first kappa shape index (κ1) is 17.5. The number of nitro benzene ring substituents is 1. The van der Waals surface area contributed by atoms with Crippen LogP contribution >= 0.6 is 11.8 Å². The van der Waals surface area contributed by atoms with Crippen molar-refractivity contribution in [2.24, 2.45) is 0 Å². The molecule has 2 aromatic heterocycles. The standard InChI is InChI=1S/C16H14N6O3S/c1-10-2-3-12(22(24)25)8-13(10)18-14(23)9-26-16-19-15(20-21-16)11-4-6-17-7-5-11/h2-8H,9H2,1H3,(H,18,23)(H,19,20,21). The van der Waals surface area contributed by atoms with Crippen LogP contribution in [0.3, 0.4) is 0 Å². The van der Waals surface area contributed by atoms with E-state index in [2.05, 4.69) is 25.5 Å². The second-order valence-corrected chi connectivity index (χ2v) is 6.24. The van der Waals surface area contributed by atoms with Crippen molar-refractivity contribution < 1.29 is 9.72 Å². The molecule has 1 aromatic carbocycles. The van der Waals surface area contributed by atoms with Crippen molar-refractivity contribution in [1.29, 1.82) is 0 Å². The van der Waals surface area contributed by atoms with Gasteiger partial charge in [0.15, 0.2) is 5.82 Å². The summed E-state index contributed by atoms with van der Waals surface area (Å²) in [5.74, 6) is 0.370. The zero-order chi connectivity index (χ0) is 18.5. The number of thioether (sulfide) groups is 1. The average molecular weight is 370 g/mol. The van der Waals surface area contributed by atoms with Crippen LogP contribution in [0.15, 0.2) is 47.9 Å². The molecule has 0 saturated carbocycles. The number of benzene rings is 1. The molecule has 0 bridgehead atoms. The molecule has 0 aliphatic rings. The van der Waals surface area contributed by atoms with Crippen molar-refractivity contribution >= 4 is 29.0 Å². The molecule has 0 radical (unpaired) electrons. The Labute approximate surface area is 152 Å². The normalized spacial score (nSPS) is 10.5. The third-order valence-corrected chi connectivity index (χ3v) is 4.30. The number of aromatic amines is 1. The Balaban J connectivity index is 1.61. The number of rotatable bonds is 6. The Hall–Kier alpha value is -3.27. The van der Waals surface area contributed by atoms with Gasteiger partial charge in [-0.25, -0.2) is 4.98 Å². The molecule has 132 valence electrons. The van der Waals surface area contributed by atoms with Crippen LogP contribution < -0.4 is 5.32 Å². The monoisotopic (exact) mass is 370 g/mol. The number of hydrogen-bond donors (Lipinski definition) is 2. The number of anilines is 1. The van der Waals surface area contributed by atoms with Gasteiger partial charge >= 0.3 is 0 Å². The first-order chi connectivity index (χ1) is 12.5. The Morgan fingerprint density at radius 2 is 2.08 bits per heavy atom. The summed E-state index contributed by atoms with van der Waals surface area (Å²) in [5.41, 5.74) is 1.93. The largest absolute Gasteiger partial charge is 0.325 e. The van der Waals surface area contributed by atoms with Crippen LogP contribution in [0.2, 0.25) is 0 Å². The van der Waals surface area contributed by atoms with Gasteiger partial charge in [0.05, 0.1) is 16.4 Å². The summed E-state index contributed by atoms with van der Waals surface area (Å²) in [6.07, 6.45) is 3.30. The van der Waals surface area contributed by atoms with Gasteiger partial charge in [-0.3, -0.25) is 25.0 Å².